The van der Waals surface area contributed by atoms with Gasteiger partial charge in [-0.15, -0.1) is 16.9 Å². The Hall–Kier alpha value is -4.24. The molecular formula is C18H17N9O9S3. The van der Waals surface area contributed by atoms with Crippen molar-refractivity contribution < 1.29 is 34.2 Å². The number of H-pyrrole nitrogens is 1. The first kappa shape index (κ1) is 27.8. The Balaban J connectivity index is 1.51. The topological polar surface area (TPSA) is 265 Å². The van der Waals surface area contributed by atoms with E-state index in [9.17, 15) is 33.9 Å². The number of nitrogens with one attached hydrogen (secondary N) is 2. The molecule has 4 rings (SSSR count). The van der Waals surface area contributed by atoms with E-state index in [1.807, 2.05) is 0 Å². The highest BCUT2D eigenvalue weighted by Gasteiger charge is 2.54. The van der Waals surface area contributed by atoms with E-state index in [0.29, 0.717) is 5.57 Å². The third kappa shape index (κ3) is 5.63. The number of nitrogen functional groups attached to an aromatic ring is 1. The van der Waals surface area contributed by atoms with Crippen LogP contribution in [-0.4, -0.2) is 98.2 Å². The van der Waals surface area contributed by atoms with Gasteiger partial charge in [0.15, 0.2) is 10.3 Å². The predicted octanol–water partition coefficient (Wildman–Crippen LogP) is -2.76. The summed E-state index contributed by atoms with van der Waals surface area (Å²) in [5.41, 5.74) is 3.37. The van der Waals surface area contributed by atoms with Crippen LogP contribution in [0.1, 0.15) is 5.82 Å². The Bertz CT molecular complexity index is 1550. The van der Waals surface area contributed by atoms with Crippen LogP contribution in [0, 0.1) is 0 Å². The number of aromatic amines is 1. The fraction of sp³-hybridized carbons (Fsp3) is 0.333. The van der Waals surface area contributed by atoms with E-state index in [1.165, 1.54) is 18.8 Å². The van der Waals surface area contributed by atoms with Crippen LogP contribution in [0.5, 0.6) is 0 Å². The van der Waals surface area contributed by atoms with Gasteiger partial charge in [0.25, 0.3) is 11.8 Å². The van der Waals surface area contributed by atoms with E-state index >= 15 is 0 Å². The summed E-state index contributed by atoms with van der Waals surface area (Å²) >= 11 is 2.93. The number of carbonyl (C=O) groups excluding carboxylic acids is 2. The molecule has 2 amide bonds. The molecule has 2 aliphatic heterocycles. The Kier molecular flexibility index (Phi) is 8.01. The molecule has 0 aromatic carbocycles. The molecule has 4 heterocycles. The average Bonchev–Trinajstić information content (AvgIpc) is 3.32. The maximum Gasteiger partial charge on any atom is 0.352 e. The number of thioether (sulfide) groups is 2. The van der Waals surface area contributed by atoms with Crippen molar-refractivity contribution in [1.82, 2.24) is 34.3 Å². The van der Waals surface area contributed by atoms with Gasteiger partial charge in [0.05, 0.1) is 0 Å². The first-order valence-corrected chi connectivity index (χ1v) is 13.3. The minimum Gasteiger partial charge on any atom is -0.479 e. The number of anilines is 1. The van der Waals surface area contributed by atoms with E-state index in [2.05, 4.69) is 34.9 Å². The number of nitrogens with zero attached hydrogens (tertiary/aromatic N) is 6. The van der Waals surface area contributed by atoms with Crippen LogP contribution in [0.2, 0.25) is 0 Å². The molecule has 2 aromatic rings. The SMILES string of the molecule is Cn1c(SCC2=C(C(=O)O)N3C(=O)C(NC(=O)C(=NOCC(=O)O)c4nsc(N)n4)[C@@H]3SC2)n[nH]c(=O)c1=O. The Labute approximate surface area is 228 Å². The number of rotatable bonds is 10. The lowest BCUT2D eigenvalue weighted by molar-refractivity contribution is -0.150. The van der Waals surface area contributed by atoms with Crippen molar-refractivity contribution in [2.24, 2.45) is 12.2 Å². The van der Waals surface area contributed by atoms with E-state index < -0.39 is 58.6 Å². The number of carboxylic acids is 2. The van der Waals surface area contributed by atoms with Crippen LogP contribution in [0.25, 0.3) is 0 Å². The second kappa shape index (κ2) is 11.2. The summed E-state index contributed by atoms with van der Waals surface area (Å²) in [6.45, 7) is -0.860. The van der Waals surface area contributed by atoms with Crippen LogP contribution >= 0.6 is 35.1 Å². The normalized spacial score (nSPS) is 18.8. The first-order chi connectivity index (χ1) is 18.5. The molecule has 0 bridgehead atoms. The summed E-state index contributed by atoms with van der Waals surface area (Å²) in [5, 5.41) is 29.7. The van der Waals surface area contributed by atoms with Crippen LogP contribution in [0.3, 0.4) is 0 Å². The first-order valence-electron chi connectivity index (χ1n) is 10.5. The molecule has 2 aromatic heterocycles. The minimum absolute atomic E-state index is 0.00349. The summed E-state index contributed by atoms with van der Waals surface area (Å²) in [7, 11) is 1.34. The number of amides is 2. The van der Waals surface area contributed by atoms with Crippen molar-refractivity contribution in [1.29, 1.82) is 0 Å². The van der Waals surface area contributed by atoms with Gasteiger partial charge in [-0.3, -0.25) is 28.6 Å². The molecule has 1 fully saturated rings. The summed E-state index contributed by atoms with van der Waals surface area (Å²) in [4.78, 5) is 81.4. The van der Waals surface area contributed by atoms with Crippen molar-refractivity contribution in [3.05, 3.63) is 37.8 Å². The maximum atomic E-state index is 13.0. The van der Waals surface area contributed by atoms with Crippen LogP contribution < -0.4 is 22.2 Å². The lowest BCUT2D eigenvalue weighted by Crippen LogP contribution is -2.71. The van der Waals surface area contributed by atoms with Gasteiger partial charge in [0, 0.05) is 30.1 Å². The molecule has 1 unspecified atom stereocenters. The van der Waals surface area contributed by atoms with E-state index in [0.717, 1.165) is 32.8 Å². The number of hydrogen-bond donors (Lipinski definition) is 5. The molecule has 0 spiro atoms. The Morgan fingerprint density at radius 1 is 1.31 bits per heavy atom. The van der Waals surface area contributed by atoms with Crippen molar-refractivity contribution in [3.63, 3.8) is 0 Å². The Morgan fingerprint density at radius 3 is 2.69 bits per heavy atom. The molecule has 39 heavy (non-hydrogen) atoms. The fourth-order valence-corrected chi connectivity index (χ4v) is 6.25. The zero-order valence-electron chi connectivity index (χ0n) is 19.5. The largest absolute Gasteiger partial charge is 0.479 e. The standard InChI is InChI=1S/C18H17N9O9S3/c1-26-14(33)12(31)22-23-18(26)38-4-5-3-37-15-8(13(32)27(15)9(5)16(34)35)20-11(30)7(24-36-2-6(28)29)10-21-17(19)39-25-10/h8,15H,2-4H2,1H3,(H,20,30)(H,22,31)(H,28,29)(H,34,35)(H2,19,21,25)/t8?,15-/m0/s1. The minimum atomic E-state index is -1.37. The zero-order chi connectivity index (χ0) is 28.4. The smallest absolute Gasteiger partial charge is 0.352 e. The molecular weight excluding hydrogens is 582 g/mol. The number of fused-ring (bicyclic) bond motifs is 1. The Morgan fingerprint density at radius 2 is 2.05 bits per heavy atom. The third-order valence-corrected chi connectivity index (χ3v) is 8.16. The van der Waals surface area contributed by atoms with Gasteiger partial charge in [0.2, 0.25) is 18.1 Å². The lowest BCUT2D eigenvalue weighted by Gasteiger charge is -2.49. The van der Waals surface area contributed by atoms with E-state index in [1.54, 1.807) is 0 Å². The number of aliphatic carboxylic acids is 2. The second-order valence-corrected chi connectivity index (χ2v) is 10.5. The number of β-lactam (4-membered cyclic amide) rings is 1. The van der Waals surface area contributed by atoms with Crippen LogP contribution in [0.4, 0.5) is 5.13 Å². The van der Waals surface area contributed by atoms with Crippen LogP contribution in [0.15, 0.2) is 31.2 Å². The lowest BCUT2D eigenvalue weighted by atomic mass is 10.0. The third-order valence-electron chi connectivity index (χ3n) is 5.16. The molecule has 21 heteroatoms. The van der Waals surface area contributed by atoms with Crippen molar-refractivity contribution in [2.75, 3.05) is 23.8 Å². The quantitative estimate of drug-likeness (QED) is 0.0608. The summed E-state index contributed by atoms with van der Waals surface area (Å²) in [6.07, 6.45) is 0. The molecule has 18 nitrogen and oxygen atoms in total. The molecule has 0 saturated carbocycles. The van der Waals surface area contributed by atoms with Crippen LogP contribution in [-0.2, 0) is 31.1 Å². The maximum absolute atomic E-state index is 13.0. The van der Waals surface area contributed by atoms with Gasteiger partial charge >= 0.3 is 23.1 Å². The van der Waals surface area contributed by atoms with Crippen molar-refractivity contribution in [2.45, 2.75) is 16.6 Å². The second-order valence-electron chi connectivity index (χ2n) is 7.67. The van der Waals surface area contributed by atoms with Gasteiger partial charge in [-0.25, -0.2) is 14.7 Å². The number of carbonyl (C=O) groups is 4. The van der Waals surface area contributed by atoms with Gasteiger partial charge in [-0.2, -0.15) is 9.36 Å². The highest BCUT2D eigenvalue weighted by molar-refractivity contribution is 8.01. The summed E-state index contributed by atoms with van der Waals surface area (Å²) in [6, 6.07) is -1.15. The molecule has 0 aliphatic carbocycles. The monoisotopic (exact) mass is 599 g/mol. The molecule has 0 radical (unpaired) electrons. The number of aromatic nitrogens is 5. The molecule has 1 saturated heterocycles. The number of hydrogen-bond acceptors (Lipinski definition) is 15. The van der Waals surface area contributed by atoms with Crippen molar-refractivity contribution in [3.8, 4) is 0 Å². The summed E-state index contributed by atoms with van der Waals surface area (Å²) < 4.78 is 4.87. The fourth-order valence-electron chi connectivity index (χ4n) is 3.41. The number of nitrogens with two attached hydrogens (primary N) is 1. The molecule has 2 atom stereocenters. The highest BCUT2D eigenvalue weighted by atomic mass is 32.2. The van der Waals surface area contributed by atoms with Crippen molar-refractivity contribution >= 4 is 69.7 Å². The number of oxime groups is 1. The van der Waals surface area contributed by atoms with Gasteiger partial charge in [-0.05, 0) is 5.57 Å². The highest BCUT2D eigenvalue weighted by Crippen LogP contribution is 2.41. The predicted molar refractivity (Wildman–Crippen MR) is 135 cm³/mol. The zero-order valence-corrected chi connectivity index (χ0v) is 22.0. The molecule has 2 aliphatic rings. The van der Waals surface area contributed by atoms with E-state index in [-0.39, 0.29) is 33.3 Å². The molecule has 6 N–H and O–H groups in total. The number of carboxylic acid groups (broad SMARTS) is 2. The summed E-state index contributed by atoms with van der Waals surface area (Å²) in [5.74, 6) is -4.45. The van der Waals surface area contributed by atoms with Gasteiger partial charge in [0.1, 0.15) is 17.1 Å². The average molecular weight is 600 g/mol. The van der Waals surface area contributed by atoms with Gasteiger partial charge < -0.3 is 26.1 Å². The van der Waals surface area contributed by atoms with Gasteiger partial charge in [-0.1, -0.05) is 16.9 Å². The molecule has 206 valence electrons. The van der Waals surface area contributed by atoms with E-state index in [4.69, 9.17) is 10.8 Å².